The summed E-state index contributed by atoms with van der Waals surface area (Å²) in [5, 5.41) is 2.84. The highest BCUT2D eigenvalue weighted by Crippen LogP contribution is 2.18. The number of ether oxygens (including phenoxy) is 3. The molecule has 0 spiro atoms. The minimum absolute atomic E-state index is 0.125. The molecule has 1 unspecified atom stereocenters. The molecule has 1 amide bonds. The van der Waals surface area contributed by atoms with Gasteiger partial charge in [-0.1, -0.05) is 13.8 Å². The summed E-state index contributed by atoms with van der Waals surface area (Å²) in [6.07, 6.45) is 0.262. The second-order valence-corrected chi connectivity index (χ2v) is 5.55. The average molecular weight is 309 g/mol. The van der Waals surface area contributed by atoms with Gasteiger partial charge in [-0.25, -0.2) is 0 Å². The number of hydrogen-bond acceptors (Lipinski definition) is 4. The van der Waals surface area contributed by atoms with E-state index >= 15 is 0 Å². The quantitative estimate of drug-likeness (QED) is 0.675. The van der Waals surface area contributed by atoms with Gasteiger partial charge in [0.2, 0.25) is 0 Å². The number of carbonyl (C=O) groups is 1. The summed E-state index contributed by atoms with van der Waals surface area (Å²) < 4.78 is 16.1. The summed E-state index contributed by atoms with van der Waals surface area (Å²) in [4.78, 5) is 11.9. The van der Waals surface area contributed by atoms with Gasteiger partial charge in [0.05, 0.1) is 7.11 Å². The maximum absolute atomic E-state index is 11.9. The molecule has 1 aromatic carbocycles. The molecular weight excluding hydrogens is 282 g/mol. The highest BCUT2D eigenvalue weighted by atomic mass is 16.5. The molecule has 0 aliphatic carbocycles. The van der Waals surface area contributed by atoms with Crippen LogP contribution in [-0.4, -0.2) is 38.9 Å². The first-order chi connectivity index (χ1) is 10.5. The minimum atomic E-state index is -0.537. The molecule has 124 valence electrons. The van der Waals surface area contributed by atoms with Gasteiger partial charge >= 0.3 is 0 Å². The third-order valence-electron chi connectivity index (χ3n) is 2.96. The van der Waals surface area contributed by atoms with E-state index in [0.717, 1.165) is 18.8 Å². The number of hydrogen-bond donors (Lipinski definition) is 1. The van der Waals surface area contributed by atoms with Crippen LogP contribution in [0.4, 0.5) is 0 Å². The number of carbonyl (C=O) groups excluding carboxylic acids is 1. The van der Waals surface area contributed by atoms with Crippen LogP contribution in [0.3, 0.4) is 0 Å². The number of nitrogens with one attached hydrogen (secondary N) is 1. The summed E-state index contributed by atoms with van der Waals surface area (Å²) in [7, 11) is 1.61. The Bertz CT molecular complexity index is 431. The Morgan fingerprint density at radius 1 is 1.14 bits per heavy atom. The zero-order valence-electron chi connectivity index (χ0n) is 13.9. The fraction of sp³-hybridized carbons (Fsp3) is 0.588. The average Bonchev–Trinajstić information content (AvgIpc) is 2.50. The number of rotatable bonds is 10. The Morgan fingerprint density at radius 3 is 2.36 bits per heavy atom. The van der Waals surface area contributed by atoms with Crippen LogP contribution in [-0.2, 0) is 9.53 Å². The van der Waals surface area contributed by atoms with E-state index in [1.807, 2.05) is 0 Å². The fourth-order valence-corrected chi connectivity index (χ4v) is 1.76. The standard InChI is InChI=1S/C17H27NO4/c1-13(2)12-21-11-5-10-18-17(19)14(3)22-16-8-6-15(20-4)7-9-16/h6-9,13-14H,5,10-12H2,1-4H3,(H,18,19). The largest absolute Gasteiger partial charge is 0.497 e. The summed E-state index contributed by atoms with van der Waals surface area (Å²) in [5.74, 6) is 1.81. The Hall–Kier alpha value is -1.75. The molecule has 1 aromatic rings. The van der Waals surface area contributed by atoms with E-state index in [1.165, 1.54) is 0 Å². The number of amides is 1. The Labute approximate surface area is 132 Å². The normalized spacial score (nSPS) is 12.0. The van der Waals surface area contributed by atoms with Crippen molar-refractivity contribution in [2.75, 3.05) is 26.9 Å². The first-order valence-electron chi connectivity index (χ1n) is 7.69. The van der Waals surface area contributed by atoms with E-state index in [1.54, 1.807) is 38.3 Å². The molecule has 0 saturated heterocycles. The zero-order valence-corrected chi connectivity index (χ0v) is 13.9. The monoisotopic (exact) mass is 309 g/mol. The van der Waals surface area contributed by atoms with Crippen LogP contribution >= 0.6 is 0 Å². The van der Waals surface area contributed by atoms with Crippen LogP contribution in [0.1, 0.15) is 27.2 Å². The lowest BCUT2D eigenvalue weighted by molar-refractivity contribution is -0.127. The van der Waals surface area contributed by atoms with Gasteiger partial charge in [0.1, 0.15) is 11.5 Å². The molecule has 1 N–H and O–H groups in total. The van der Waals surface area contributed by atoms with Crippen molar-refractivity contribution in [1.82, 2.24) is 5.32 Å². The Morgan fingerprint density at radius 2 is 1.77 bits per heavy atom. The summed E-state index contributed by atoms with van der Waals surface area (Å²) in [5.41, 5.74) is 0. The first-order valence-corrected chi connectivity index (χ1v) is 7.69. The van der Waals surface area contributed by atoms with Gasteiger partial charge in [0.25, 0.3) is 5.91 Å². The van der Waals surface area contributed by atoms with Crippen LogP contribution in [0.5, 0.6) is 11.5 Å². The van der Waals surface area contributed by atoms with E-state index < -0.39 is 6.10 Å². The van der Waals surface area contributed by atoms with E-state index in [2.05, 4.69) is 19.2 Å². The summed E-state index contributed by atoms with van der Waals surface area (Å²) in [6, 6.07) is 7.16. The molecule has 22 heavy (non-hydrogen) atoms. The van der Waals surface area contributed by atoms with Crippen molar-refractivity contribution < 1.29 is 19.0 Å². The third-order valence-corrected chi connectivity index (χ3v) is 2.96. The number of benzene rings is 1. The van der Waals surface area contributed by atoms with E-state index in [4.69, 9.17) is 14.2 Å². The van der Waals surface area contributed by atoms with Crippen LogP contribution in [0, 0.1) is 5.92 Å². The molecule has 0 radical (unpaired) electrons. The predicted octanol–water partition coefficient (Wildman–Crippen LogP) is 2.64. The Kier molecular flexibility index (Phi) is 8.36. The van der Waals surface area contributed by atoms with Crippen LogP contribution in [0.25, 0.3) is 0 Å². The lowest BCUT2D eigenvalue weighted by Gasteiger charge is -2.15. The molecule has 0 aliphatic rings. The molecule has 0 heterocycles. The van der Waals surface area contributed by atoms with Crippen molar-refractivity contribution in [1.29, 1.82) is 0 Å². The van der Waals surface area contributed by atoms with Crippen molar-refractivity contribution in [3.63, 3.8) is 0 Å². The summed E-state index contributed by atoms with van der Waals surface area (Å²) >= 11 is 0. The van der Waals surface area contributed by atoms with Crippen molar-refractivity contribution >= 4 is 5.91 Å². The SMILES string of the molecule is COc1ccc(OC(C)C(=O)NCCCOCC(C)C)cc1. The summed E-state index contributed by atoms with van der Waals surface area (Å²) in [6.45, 7) is 7.96. The molecule has 0 aromatic heterocycles. The lowest BCUT2D eigenvalue weighted by atomic mass is 10.2. The van der Waals surface area contributed by atoms with Crippen molar-refractivity contribution in [2.45, 2.75) is 33.3 Å². The molecular formula is C17H27NO4. The minimum Gasteiger partial charge on any atom is -0.497 e. The van der Waals surface area contributed by atoms with Crippen molar-refractivity contribution in [3.8, 4) is 11.5 Å². The molecule has 0 bridgehead atoms. The Balaban J connectivity index is 2.21. The molecule has 0 saturated carbocycles. The first kappa shape index (κ1) is 18.3. The molecule has 1 rings (SSSR count). The third kappa shape index (κ3) is 7.31. The molecule has 0 fully saturated rings. The van der Waals surface area contributed by atoms with Crippen LogP contribution < -0.4 is 14.8 Å². The van der Waals surface area contributed by atoms with Gasteiger partial charge in [0, 0.05) is 19.8 Å². The van der Waals surface area contributed by atoms with E-state index in [0.29, 0.717) is 24.8 Å². The zero-order chi connectivity index (χ0) is 16.4. The number of methoxy groups -OCH3 is 1. The van der Waals surface area contributed by atoms with Crippen molar-refractivity contribution in [2.24, 2.45) is 5.92 Å². The van der Waals surface area contributed by atoms with E-state index in [9.17, 15) is 4.79 Å². The van der Waals surface area contributed by atoms with Crippen LogP contribution in [0.15, 0.2) is 24.3 Å². The fourth-order valence-electron chi connectivity index (χ4n) is 1.76. The van der Waals surface area contributed by atoms with Crippen molar-refractivity contribution in [3.05, 3.63) is 24.3 Å². The topological polar surface area (TPSA) is 56.8 Å². The molecule has 5 nitrogen and oxygen atoms in total. The van der Waals surface area contributed by atoms with Gasteiger partial charge in [-0.05, 0) is 43.5 Å². The highest BCUT2D eigenvalue weighted by molar-refractivity contribution is 5.80. The molecule has 0 aliphatic heterocycles. The second kappa shape index (κ2) is 10.1. The van der Waals surface area contributed by atoms with Gasteiger partial charge in [0.15, 0.2) is 6.10 Å². The molecule has 1 atom stereocenters. The second-order valence-electron chi connectivity index (χ2n) is 5.55. The van der Waals surface area contributed by atoms with E-state index in [-0.39, 0.29) is 5.91 Å². The lowest BCUT2D eigenvalue weighted by Crippen LogP contribution is -2.37. The van der Waals surface area contributed by atoms with Gasteiger partial charge in [-0.15, -0.1) is 0 Å². The maximum Gasteiger partial charge on any atom is 0.260 e. The maximum atomic E-state index is 11.9. The molecule has 5 heteroatoms. The van der Waals surface area contributed by atoms with Crippen LogP contribution in [0.2, 0.25) is 0 Å². The predicted molar refractivity (Wildman–Crippen MR) is 86.4 cm³/mol. The van der Waals surface area contributed by atoms with Gasteiger partial charge < -0.3 is 19.5 Å². The van der Waals surface area contributed by atoms with Gasteiger partial charge in [-0.2, -0.15) is 0 Å². The smallest absolute Gasteiger partial charge is 0.260 e. The highest BCUT2D eigenvalue weighted by Gasteiger charge is 2.13. The van der Waals surface area contributed by atoms with Gasteiger partial charge in [-0.3, -0.25) is 4.79 Å².